The standard InChI is InChI=1S/C12H12N2/c13-11-3-7-1-8-4-12(14)6-10(8)2-9(7)5-11/h1-2,13-14H,3-6H2. The highest BCUT2D eigenvalue weighted by Crippen LogP contribution is 2.28. The van der Waals surface area contributed by atoms with Crippen molar-refractivity contribution < 1.29 is 0 Å². The lowest BCUT2D eigenvalue weighted by atomic mass is 10.0. The molecule has 0 unspecified atom stereocenters. The molecule has 3 rings (SSSR count). The SMILES string of the molecule is N=C1Cc2cc3c(cc2C1)CC(=N)C3. The fourth-order valence-corrected chi connectivity index (χ4v) is 2.49. The van der Waals surface area contributed by atoms with Crippen LogP contribution in [-0.4, -0.2) is 11.4 Å². The van der Waals surface area contributed by atoms with Crippen LogP contribution in [0.15, 0.2) is 12.1 Å². The van der Waals surface area contributed by atoms with Gasteiger partial charge in [-0.15, -0.1) is 0 Å². The second-order valence-electron chi connectivity index (χ2n) is 4.30. The van der Waals surface area contributed by atoms with Crippen molar-refractivity contribution in [3.63, 3.8) is 0 Å². The number of benzene rings is 1. The maximum Gasteiger partial charge on any atom is 0.0177 e. The first-order valence-electron chi connectivity index (χ1n) is 4.98. The summed E-state index contributed by atoms with van der Waals surface area (Å²) in [7, 11) is 0. The van der Waals surface area contributed by atoms with E-state index < -0.39 is 0 Å². The second-order valence-corrected chi connectivity index (χ2v) is 4.30. The minimum atomic E-state index is 0.829. The Kier molecular flexibility index (Phi) is 1.43. The van der Waals surface area contributed by atoms with Crippen LogP contribution in [-0.2, 0) is 25.7 Å². The van der Waals surface area contributed by atoms with E-state index in [1.165, 1.54) is 22.3 Å². The molecule has 0 radical (unpaired) electrons. The first kappa shape index (κ1) is 7.92. The first-order chi connectivity index (χ1) is 6.72. The molecular weight excluding hydrogens is 172 g/mol. The molecule has 0 saturated carbocycles. The highest BCUT2D eigenvalue weighted by Gasteiger charge is 2.22. The lowest BCUT2D eigenvalue weighted by Crippen LogP contribution is -1.93. The molecule has 14 heavy (non-hydrogen) atoms. The van der Waals surface area contributed by atoms with Crippen LogP contribution in [0.4, 0.5) is 0 Å². The van der Waals surface area contributed by atoms with Crippen molar-refractivity contribution in [1.29, 1.82) is 10.8 Å². The number of hydrogen-bond donors (Lipinski definition) is 2. The molecule has 2 heteroatoms. The molecule has 2 aliphatic rings. The van der Waals surface area contributed by atoms with Gasteiger partial charge in [0.2, 0.25) is 0 Å². The molecule has 0 aliphatic heterocycles. The van der Waals surface area contributed by atoms with E-state index in [9.17, 15) is 0 Å². The summed E-state index contributed by atoms with van der Waals surface area (Å²) in [6.45, 7) is 0. The van der Waals surface area contributed by atoms with Crippen LogP contribution in [0.5, 0.6) is 0 Å². The molecule has 1 aromatic carbocycles. The molecule has 0 amide bonds. The van der Waals surface area contributed by atoms with E-state index in [1.54, 1.807) is 0 Å². The molecule has 0 fully saturated rings. The molecule has 2 nitrogen and oxygen atoms in total. The van der Waals surface area contributed by atoms with Crippen LogP contribution < -0.4 is 0 Å². The lowest BCUT2D eigenvalue weighted by molar-refractivity contribution is 1.25. The Bertz CT molecular complexity index is 379. The summed E-state index contributed by atoms with van der Waals surface area (Å²) in [6.07, 6.45) is 3.32. The number of rotatable bonds is 0. The van der Waals surface area contributed by atoms with Crippen LogP contribution in [0.25, 0.3) is 0 Å². The van der Waals surface area contributed by atoms with Gasteiger partial charge in [0.15, 0.2) is 0 Å². The highest BCUT2D eigenvalue weighted by atomic mass is 14.5. The van der Waals surface area contributed by atoms with Crippen molar-refractivity contribution in [3.8, 4) is 0 Å². The smallest absolute Gasteiger partial charge is 0.0177 e. The summed E-state index contributed by atoms with van der Waals surface area (Å²) in [5.41, 5.74) is 6.95. The molecule has 0 saturated heterocycles. The Morgan fingerprint density at radius 2 is 0.929 bits per heavy atom. The van der Waals surface area contributed by atoms with Gasteiger partial charge >= 0.3 is 0 Å². The van der Waals surface area contributed by atoms with Crippen molar-refractivity contribution in [3.05, 3.63) is 34.4 Å². The molecule has 0 atom stereocenters. The van der Waals surface area contributed by atoms with E-state index in [0.717, 1.165) is 37.1 Å². The maximum absolute atomic E-state index is 7.65. The van der Waals surface area contributed by atoms with E-state index in [2.05, 4.69) is 12.1 Å². The summed E-state index contributed by atoms with van der Waals surface area (Å²) in [5, 5.41) is 15.3. The molecule has 0 spiro atoms. The quantitative estimate of drug-likeness (QED) is 0.619. The zero-order chi connectivity index (χ0) is 9.71. The normalized spacial score (nSPS) is 18.6. The Morgan fingerprint density at radius 1 is 0.643 bits per heavy atom. The predicted molar refractivity (Wildman–Crippen MR) is 56.7 cm³/mol. The van der Waals surface area contributed by atoms with Gasteiger partial charge < -0.3 is 10.8 Å². The Morgan fingerprint density at radius 3 is 1.21 bits per heavy atom. The van der Waals surface area contributed by atoms with Crippen molar-refractivity contribution in [1.82, 2.24) is 0 Å². The number of fused-ring (bicyclic) bond motifs is 2. The van der Waals surface area contributed by atoms with E-state index in [4.69, 9.17) is 10.8 Å². The molecule has 1 aromatic rings. The Hall–Kier alpha value is -1.44. The van der Waals surface area contributed by atoms with Gasteiger partial charge in [0.1, 0.15) is 0 Å². The number of hydrogen-bond acceptors (Lipinski definition) is 2. The van der Waals surface area contributed by atoms with E-state index in [0.29, 0.717) is 0 Å². The third kappa shape index (κ3) is 1.03. The summed E-state index contributed by atoms with van der Waals surface area (Å²) in [6, 6.07) is 4.43. The summed E-state index contributed by atoms with van der Waals surface area (Å²) in [4.78, 5) is 0. The highest BCUT2D eigenvalue weighted by molar-refractivity contribution is 5.93. The second kappa shape index (κ2) is 2.53. The topological polar surface area (TPSA) is 47.7 Å². The zero-order valence-electron chi connectivity index (χ0n) is 7.98. The average molecular weight is 184 g/mol. The van der Waals surface area contributed by atoms with Gasteiger partial charge in [-0.05, 0) is 22.3 Å². The molecule has 70 valence electrons. The minimum Gasteiger partial charge on any atom is -0.309 e. The summed E-state index contributed by atoms with van der Waals surface area (Å²) in [5.74, 6) is 0. The largest absolute Gasteiger partial charge is 0.309 e. The van der Waals surface area contributed by atoms with Gasteiger partial charge in [-0.25, -0.2) is 0 Å². The fraction of sp³-hybridized carbons (Fsp3) is 0.333. The van der Waals surface area contributed by atoms with Gasteiger partial charge in [-0.3, -0.25) is 0 Å². The maximum atomic E-state index is 7.65. The van der Waals surface area contributed by atoms with Gasteiger partial charge in [0.05, 0.1) is 0 Å². The van der Waals surface area contributed by atoms with Crippen molar-refractivity contribution in [2.45, 2.75) is 25.7 Å². The fourth-order valence-electron chi connectivity index (χ4n) is 2.49. The van der Waals surface area contributed by atoms with Crippen molar-refractivity contribution >= 4 is 11.4 Å². The van der Waals surface area contributed by atoms with Crippen LogP contribution in [0.3, 0.4) is 0 Å². The first-order valence-corrected chi connectivity index (χ1v) is 4.98. The number of nitrogens with one attached hydrogen (secondary N) is 2. The molecule has 0 aromatic heterocycles. The van der Waals surface area contributed by atoms with E-state index >= 15 is 0 Å². The third-order valence-electron chi connectivity index (χ3n) is 3.14. The summed E-state index contributed by atoms with van der Waals surface area (Å²) < 4.78 is 0. The van der Waals surface area contributed by atoms with Gasteiger partial charge in [-0.1, -0.05) is 12.1 Å². The van der Waals surface area contributed by atoms with Crippen molar-refractivity contribution in [2.24, 2.45) is 0 Å². The molecule has 2 N–H and O–H groups in total. The minimum absolute atomic E-state index is 0.829. The molecule has 2 aliphatic carbocycles. The van der Waals surface area contributed by atoms with Crippen LogP contribution in [0.2, 0.25) is 0 Å². The Balaban J connectivity index is 2.13. The zero-order valence-corrected chi connectivity index (χ0v) is 7.98. The van der Waals surface area contributed by atoms with Gasteiger partial charge in [-0.2, -0.15) is 0 Å². The van der Waals surface area contributed by atoms with Crippen LogP contribution in [0, 0.1) is 10.8 Å². The third-order valence-corrected chi connectivity index (χ3v) is 3.14. The average Bonchev–Trinajstić information content (AvgIpc) is 2.59. The lowest BCUT2D eigenvalue weighted by Gasteiger charge is -2.02. The monoisotopic (exact) mass is 184 g/mol. The predicted octanol–water partition coefficient (Wildman–Crippen LogP) is 1.92. The van der Waals surface area contributed by atoms with Crippen LogP contribution >= 0.6 is 0 Å². The van der Waals surface area contributed by atoms with Crippen molar-refractivity contribution in [2.75, 3.05) is 0 Å². The molecular formula is C12H12N2. The summed E-state index contributed by atoms with van der Waals surface area (Å²) >= 11 is 0. The van der Waals surface area contributed by atoms with Crippen LogP contribution in [0.1, 0.15) is 22.3 Å². The Labute approximate surface area is 83.0 Å². The molecule has 0 bridgehead atoms. The van der Waals surface area contributed by atoms with Gasteiger partial charge in [0, 0.05) is 37.1 Å². The van der Waals surface area contributed by atoms with E-state index in [-0.39, 0.29) is 0 Å². The van der Waals surface area contributed by atoms with E-state index in [1.807, 2.05) is 0 Å². The van der Waals surface area contributed by atoms with Gasteiger partial charge in [0.25, 0.3) is 0 Å². The molecule has 0 heterocycles.